The normalized spacial score (nSPS) is 18.0. The van der Waals surface area contributed by atoms with Gasteiger partial charge in [0.15, 0.2) is 10.8 Å². The number of piperazine rings is 1. The highest BCUT2D eigenvalue weighted by atomic mass is 35.5. The molecule has 1 aliphatic heterocycles. The number of pyridine rings is 1. The SMILES string of the molecule is CN1CCN(c2cc(C3CC3)cn3cc(CNc4cnnc(Cl)c4)nc23)CC1. The van der Waals surface area contributed by atoms with Crippen LogP contribution in [0.15, 0.2) is 30.7 Å². The van der Waals surface area contributed by atoms with Crippen LogP contribution in [0, 0.1) is 0 Å². The van der Waals surface area contributed by atoms with Crippen molar-refractivity contribution in [3.8, 4) is 0 Å². The van der Waals surface area contributed by atoms with Gasteiger partial charge in [0, 0.05) is 44.6 Å². The first-order valence-electron chi connectivity index (χ1n) is 9.83. The van der Waals surface area contributed by atoms with Crippen LogP contribution in [-0.4, -0.2) is 57.7 Å². The Labute approximate surface area is 169 Å². The van der Waals surface area contributed by atoms with Crippen molar-refractivity contribution in [1.82, 2.24) is 24.5 Å². The zero-order valence-corrected chi connectivity index (χ0v) is 16.7. The van der Waals surface area contributed by atoms with Crippen molar-refractivity contribution in [2.75, 3.05) is 43.4 Å². The van der Waals surface area contributed by atoms with Crippen LogP contribution in [0.5, 0.6) is 0 Å². The molecule has 0 bridgehead atoms. The van der Waals surface area contributed by atoms with Gasteiger partial charge in [0.05, 0.1) is 29.8 Å². The van der Waals surface area contributed by atoms with Gasteiger partial charge in [-0.05, 0) is 37.4 Å². The summed E-state index contributed by atoms with van der Waals surface area (Å²) in [5.74, 6) is 0.713. The third kappa shape index (κ3) is 3.64. The molecule has 1 N–H and O–H groups in total. The molecule has 7 nitrogen and oxygen atoms in total. The van der Waals surface area contributed by atoms with Crippen LogP contribution in [-0.2, 0) is 6.54 Å². The van der Waals surface area contributed by atoms with Crippen molar-refractivity contribution in [3.63, 3.8) is 0 Å². The van der Waals surface area contributed by atoms with E-state index in [2.05, 4.69) is 55.2 Å². The second-order valence-electron chi connectivity index (χ2n) is 7.81. The van der Waals surface area contributed by atoms with Crippen LogP contribution in [0.1, 0.15) is 30.0 Å². The summed E-state index contributed by atoms with van der Waals surface area (Å²) >= 11 is 5.92. The summed E-state index contributed by atoms with van der Waals surface area (Å²) in [6.45, 7) is 4.88. The fraction of sp³-hybridized carbons (Fsp3) is 0.450. The van der Waals surface area contributed by atoms with Crippen molar-refractivity contribution in [3.05, 3.63) is 47.1 Å². The van der Waals surface area contributed by atoms with Crippen molar-refractivity contribution in [2.24, 2.45) is 0 Å². The highest BCUT2D eigenvalue weighted by Crippen LogP contribution is 2.42. The minimum absolute atomic E-state index is 0.381. The molecule has 3 aromatic heterocycles. The molecule has 0 radical (unpaired) electrons. The molecule has 0 atom stereocenters. The maximum atomic E-state index is 5.92. The van der Waals surface area contributed by atoms with E-state index in [0.717, 1.165) is 43.2 Å². The molecule has 1 saturated heterocycles. The van der Waals surface area contributed by atoms with Gasteiger partial charge in [-0.15, -0.1) is 5.10 Å². The first-order valence-corrected chi connectivity index (χ1v) is 10.2. The van der Waals surface area contributed by atoms with Crippen LogP contribution < -0.4 is 10.2 Å². The molecule has 5 rings (SSSR count). The lowest BCUT2D eigenvalue weighted by molar-refractivity contribution is 0.313. The first kappa shape index (κ1) is 17.7. The molecular weight excluding hydrogens is 374 g/mol. The average molecular weight is 398 g/mol. The van der Waals surface area contributed by atoms with E-state index in [0.29, 0.717) is 17.6 Å². The Morgan fingerprint density at radius 1 is 1.14 bits per heavy atom. The van der Waals surface area contributed by atoms with Crippen molar-refractivity contribution >= 4 is 28.6 Å². The van der Waals surface area contributed by atoms with Crippen LogP contribution in [0.2, 0.25) is 5.15 Å². The molecule has 2 aliphatic rings. The Hall–Kier alpha value is -2.38. The number of nitrogens with zero attached hydrogens (tertiary/aromatic N) is 6. The number of fused-ring (bicyclic) bond motifs is 1. The molecule has 0 amide bonds. The van der Waals surface area contributed by atoms with E-state index in [1.807, 2.05) is 0 Å². The maximum Gasteiger partial charge on any atom is 0.160 e. The van der Waals surface area contributed by atoms with Crippen molar-refractivity contribution < 1.29 is 0 Å². The zero-order chi connectivity index (χ0) is 19.1. The zero-order valence-electron chi connectivity index (χ0n) is 16.0. The van der Waals surface area contributed by atoms with Crippen LogP contribution in [0.25, 0.3) is 5.65 Å². The van der Waals surface area contributed by atoms with E-state index in [4.69, 9.17) is 16.6 Å². The molecule has 1 saturated carbocycles. The van der Waals surface area contributed by atoms with Gasteiger partial charge in [0.1, 0.15) is 0 Å². The predicted octanol–water partition coefficient (Wildman–Crippen LogP) is 3.02. The van der Waals surface area contributed by atoms with Gasteiger partial charge < -0.3 is 19.5 Å². The average Bonchev–Trinajstić information content (AvgIpc) is 3.46. The molecule has 2 fully saturated rings. The Morgan fingerprint density at radius 3 is 2.71 bits per heavy atom. The van der Waals surface area contributed by atoms with Gasteiger partial charge in [0.25, 0.3) is 0 Å². The number of aromatic nitrogens is 4. The number of rotatable bonds is 5. The van der Waals surface area contributed by atoms with Gasteiger partial charge in [-0.1, -0.05) is 11.6 Å². The second kappa shape index (κ2) is 7.22. The Balaban J connectivity index is 1.44. The number of imidazole rings is 1. The molecule has 0 spiro atoms. The lowest BCUT2D eigenvalue weighted by Crippen LogP contribution is -2.44. The highest BCUT2D eigenvalue weighted by molar-refractivity contribution is 6.29. The molecule has 0 aromatic carbocycles. The van der Waals surface area contributed by atoms with Gasteiger partial charge in [0.2, 0.25) is 0 Å². The lowest BCUT2D eigenvalue weighted by atomic mass is 10.1. The number of anilines is 2. The molecule has 146 valence electrons. The molecular formula is C20H24ClN7. The van der Waals surface area contributed by atoms with Gasteiger partial charge in [-0.2, -0.15) is 5.10 Å². The number of nitrogens with one attached hydrogen (secondary N) is 1. The lowest BCUT2D eigenvalue weighted by Gasteiger charge is -2.34. The standard InChI is InChI=1S/C20H24ClN7/c1-26-4-6-27(7-5-26)18-8-15(14-2-3-14)12-28-13-17(24-20(18)28)10-22-16-9-19(21)25-23-11-16/h8-9,11-14H,2-7,10H2,1H3,(H,22,25). The monoisotopic (exact) mass is 397 g/mol. The fourth-order valence-corrected chi connectivity index (χ4v) is 3.95. The number of halogens is 1. The van der Waals surface area contributed by atoms with Crippen LogP contribution >= 0.6 is 11.6 Å². The smallest absolute Gasteiger partial charge is 0.160 e. The quantitative estimate of drug-likeness (QED) is 0.714. The molecule has 8 heteroatoms. The second-order valence-corrected chi connectivity index (χ2v) is 8.19. The topological polar surface area (TPSA) is 61.6 Å². The minimum atomic E-state index is 0.381. The molecule has 3 aromatic rings. The van der Waals surface area contributed by atoms with E-state index >= 15 is 0 Å². The fourth-order valence-electron chi connectivity index (χ4n) is 3.79. The molecule has 28 heavy (non-hydrogen) atoms. The largest absolute Gasteiger partial charge is 0.378 e. The molecule has 0 unspecified atom stereocenters. The summed E-state index contributed by atoms with van der Waals surface area (Å²) in [7, 11) is 2.19. The number of likely N-dealkylation sites (N-methyl/N-ethyl adjacent to an activating group) is 1. The highest BCUT2D eigenvalue weighted by Gasteiger charge is 2.27. The maximum absolute atomic E-state index is 5.92. The summed E-state index contributed by atoms with van der Waals surface area (Å²) in [6, 6.07) is 4.14. The third-order valence-electron chi connectivity index (χ3n) is 5.59. The number of hydrogen-bond donors (Lipinski definition) is 1. The molecule has 4 heterocycles. The van der Waals surface area contributed by atoms with Gasteiger partial charge in [-0.3, -0.25) is 0 Å². The minimum Gasteiger partial charge on any atom is -0.378 e. The van der Waals surface area contributed by atoms with Crippen LogP contribution in [0.4, 0.5) is 11.4 Å². The summed E-state index contributed by atoms with van der Waals surface area (Å²) in [6.07, 6.45) is 8.65. The van der Waals surface area contributed by atoms with Crippen molar-refractivity contribution in [2.45, 2.75) is 25.3 Å². The Morgan fingerprint density at radius 2 is 1.96 bits per heavy atom. The number of hydrogen-bond acceptors (Lipinski definition) is 6. The van der Waals surface area contributed by atoms with Crippen molar-refractivity contribution in [1.29, 1.82) is 0 Å². The predicted molar refractivity (Wildman–Crippen MR) is 111 cm³/mol. The van der Waals surface area contributed by atoms with E-state index in [1.54, 1.807) is 12.3 Å². The van der Waals surface area contributed by atoms with E-state index in [1.165, 1.54) is 24.1 Å². The van der Waals surface area contributed by atoms with Gasteiger partial charge >= 0.3 is 0 Å². The molecule has 1 aliphatic carbocycles. The van der Waals surface area contributed by atoms with Gasteiger partial charge in [-0.25, -0.2) is 4.98 Å². The summed E-state index contributed by atoms with van der Waals surface area (Å²) in [5, 5.41) is 11.4. The Bertz CT molecular complexity index is 989. The summed E-state index contributed by atoms with van der Waals surface area (Å²) in [4.78, 5) is 9.81. The van der Waals surface area contributed by atoms with Crippen LogP contribution in [0.3, 0.4) is 0 Å². The summed E-state index contributed by atoms with van der Waals surface area (Å²) in [5.41, 5.74) is 5.57. The summed E-state index contributed by atoms with van der Waals surface area (Å²) < 4.78 is 2.20. The van der Waals surface area contributed by atoms with E-state index in [9.17, 15) is 0 Å². The Kier molecular flexibility index (Phi) is 4.56. The van der Waals surface area contributed by atoms with E-state index in [-0.39, 0.29) is 0 Å². The van der Waals surface area contributed by atoms with E-state index < -0.39 is 0 Å². The third-order valence-corrected chi connectivity index (χ3v) is 5.78. The first-order chi connectivity index (χ1) is 13.7.